The third kappa shape index (κ3) is 3.79. The van der Waals surface area contributed by atoms with Crippen LogP contribution in [0.2, 0.25) is 5.02 Å². The molecule has 206 valence electrons. The number of rotatable bonds is 2. The van der Waals surface area contributed by atoms with E-state index in [4.69, 9.17) is 16.3 Å². The number of phenols is 1. The van der Waals surface area contributed by atoms with Crippen LogP contribution in [0.15, 0.2) is 82.7 Å². The maximum absolute atomic E-state index is 14.0. The van der Waals surface area contributed by atoms with E-state index in [0.717, 1.165) is 22.3 Å². The first-order chi connectivity index (χ1) is 19.6. The third-order valence-electron chi connectivity index (χ3n) is 9.12. The van der Waals surface area contributed by atoms with E-state index in [-0.39, 0.29) is 35.6 Å². The molecule has 2 amide bonds. The van der Waals surface area contributed by atoms with Gasteiger partial charge in [0.1, 0.15) is 11.5 Å². The Labute approximate surface area is 241 Å². The second-order valence-electron chi connectivity index (χ2n) is 11.5. The zero-order valence-corrected chi connectivity index (χ0v) is 23.2. The Morgan fingerprint density at radius 1 is 1.00 bits per heavy atom. The first-order valence-electron chi connectivity index (χ1n) is 13.7. The molecule has 2 aromatic carbocycles. The maximum atomic E-state index is 14.0. The van der Waals surface area contributed by atoms with E-state index in [2.05, 4.69) is 0 Å². The minimum Gasteiger partial charge on any atom is -0.508 e. The van der Waals surface area contributed by atoms with E-state index < -0.39 is 23.7 Å². The summed E-state index contributed by atoms with van der Waals surface area (Å²) in [4.78, 5) is 55.9. The number of hydrogen-bond donors (Lipinski definition) is 1. The van der Waals surface area contributed by atoms with Gasteiger partial charge in [-0.05, 0) is 80.2 Å². The molecule has 0 aromatic heterocycles. The van der Waals surface area contributed by atoms with Crippen molar-refractivity contribution >= 4 is 40.7 Å². The highest BCUT2D eigenvalue weighted by molar-refractivity contribution is 6.32. The lowest BCUT2D eigenvalue weighted by Crippen LogP contribution is -2.41. The molecular weight excluding hydrogens is 542 g/mol. The number of Topliss-reactive ketones (excluding diaryl/α,β-unsaturated/α-hetero) is 1. The van der Waals surface area contributed by atoms with Crippen LogP contribution < -0.4 is 9.64 Å². The number of nitrogens with zero attached hydrogens (tertiary/aromatic N) is 1. The van der Waals surface area contributed by atoms with Crippen LogP contribution >= 0.6 is 11.6 Å². The number of halogens is 1. The Hall–Kier alpha value is -4.23. The van der Waals surface area contributed by atoms with Gasteiger partial charge >= 0.3 is 0 Å². The molecule has 3 aliphatic carbocycles. The Morgan fingerprint density at radius 2 is 1.80 bits per heavy atom. The normalized spacial score (nSPS) is 26.9. The molecule has 2 aliphatic heterocycles. The van der Waals surface area contributed by atoms with Crippen LogP contribution in [0.5, 0.6) is 11.5 Å². The number of ether oxygens (including phenoxy) is 1. The monoisotopic (exact) mass is 567 g/mol. The molecule has 4 atom stereocenters. The summed E-state index contributed by atoms with van der Waals surface area (Å²) in [7, 11) is 0. The smallest absolute Gasteiger partial charge is 0.238 e. The lowest BCUT2D eigenvalue weighted by atomic mass is 9.58. The molecule has 4 unspecified atom stereocenters. The zero-order chi connectivity index (χ0) is 28.7. The number of allylic oxidation sites excluding steroid dienone is 7. The SMILES string of the molecule is CC1=CC(=O)C2=C(CC3C(=CCC4C(=O)N(c5ccc(C)c(Cl)c5)C(=O)C43)C2C2=COc3ccc(O)cc3C2)C1=O. The fraction of sp³-hybridized carbons (Fsp3) is 0.273. The Kier molecular flexibility index (Phi) is 5.74. The molecule has 5 aliphatic rings. The molecule has 2 heterocycles. The van der Waals surface area contributed by atoms with Gasteiger partial charge in [-0.3, -0.25) is 19.2 Å². The summed E-state index contributed by atoms with van der Waals surface area (Å²) in [6, 6.07) is 10.0. The fourth-order valence-corrected chi connectivity index (χ4v) is 7.34. The molecule has 8 heteroatoms. The van der Waals surface area contributed by atoms with Gasteiger partial charge in [-0.25, -0.2) is 4.90 Å². The largest absolute Gasteiger partial charge is 0.508 e. The quantitative estimate of drug-likeness (QED) is 0.299. The molecular formula is C33H26ClNO6. The average Bonchev–Trinajstić information content (AvgIpc) is 3.21. The zero-order valence-electron chi connectivity index (χ0n) is 22.4. The molecule has 1 saturated heterocycles. The minimum absolute atomic E-state index is 0.101. The Bertz CT molecular complexity index is 1740. The van der Waals surface area contributed by atoms with Crippen LogP contribution in [0.1, 0.15) is 30.9 Å². The summed E-state index contributed by atoms with van der Waals surface area (Å²) in [6.07, 6.45) is 5.95. The molecule has 7 rings (SSSR count). The summed E-state index contributed by atoms with van der Waals surface area (Å²) in [5.41, 5.74) is 4.84. The molecule has 0 radical (unpaired) electrons. The van der Waals surface area contributed by atoms with E-state index in [9.17, 15) is 24.3 Å². The van der Waals surface area contributed by atoms with Crippen molar-refractivity contribution in [2.75, 3.05) is 4.90 Å². The number of carbonyl (C=O) groups excluding carboxylic acids is 4. The number of ketones is 2. The summed E-state index contributed by atoms with van der Waals surface area (Å²) in [6.45, 7) is 3.48. The van der Waals surface area contributed by atoms with Crippen LogP contribution in [0.25, 0.3) is 0 Å². The number of carbonyl (C=O) groups is 4. The highest BCUT2D eigenvalue weighted by Crippen LogP contribution is 2.55. The van der Waals surface area contributed by atoms with E-state index in [1.807, 2.05) is 13.0 Å². The van der Waals surface area contributed by atoms with Gasteiger partial charge in [-0.1, -0.05) is 29.3 Å². The lowest BCUT2D eigenvalue weighted by molar-refractivity contribution is -0.123. The second-order valence-corrected chi connectivity index (χ2v) is 11.9. The molecule has 0 spiro atoms. The van der Waals surface area contributed by atoms with E-state index in [0.29, 0.717) is 46.0 Å². The van der Waals surface area contributed by atoms with Crippen LogP contribution in [0.4, 0.5) is 5.69 Å². The first-order valence-corrected chi connectivity index (χ1v) is 14.0. The number of benzene rings is 2. The highest BCUT2D eigenvalue weighted by atomic mass is 35.5. The van der Waals surface area contributed by atoms with Gasteiger partial charge < -0.3 is 9.84 Å². The predicted molar refractivity (Wildman–Crippen MR) is 151 cm³/mol. The Morgan fingerprint density at radius 3 is 2.59 bits per heavy atom. The molecule has 1 fully saturated rings. The Balaban J connectivity index is 1.33. The standard InChI is InChI=1S/C33H26ClNO6/c1-15-3-4-19(12-25(15)34)35-32(39)22-7-6-21-23(29(22)33(35)40)13-24-30(26(37)9-16(2)31(24)38)28(21)18-10-17-11-20(36)5-8-27(17)41-14-18/h3-6,8-9,11-12,14,22-23,28-29,36H,7,10,13H2,1-2H3. The van der Waals surface area contributed by atoms with Crippen molar-refractivity contribution in [3.05, 3.63) is 98.8 Å². The number of hydrogen-bond acceptors (Lipinski definition) is 6. The topological polar surface area (TPSA) is 101 Å². The summed E-state index contributed by atoms with van der Waals surface area (Å²) < 4.78 is 5.93. The summed E-state index contributed by atoms with van der Waals surface area (Å²) >= 11 is 6.35. The van der Waals surface area contributed by atoms with Gasteiger partial charge in [-0.2, -0.15) is 0 Å². The molecule has 41 heavy (non-hydrogen) atoms. The third-order valence-corrected chi connectivity index (χ3v) is 9.53. The predicted octanol–water partition coefficient (Wildman–Crippen LogP) is 5.34. The number of imide groups is 1. The first kappa shape index (κ1) is 25.7. The van der Waals surface area contributed by atoms with Crippen molar-refractivity contribution in [1.82, 2.24) is 0 Å². The van der Waals surface area contributed by atoms with E-state index in [1.54, 1.807) is 49.6 Å². The minimum atomic E-state index is -0.672. The molecule has 1 N–H and O–H groups in total. The number of aromatic hydroxyl groups is 1. The number of phenolic OH excluding ortho intramolecular Hbond substituents is 1. The second kappa shape index (κ2) is 9.14. The van der Waals surface area contributed by atoms with Crippen LogP contribution in [0, 0.1) is 30.6 Å². The van der Waals surface area contributed by atoms with Gasteiger partial charge in [-0.15, -0.1) is 0 Å². The highest BCUT2D eigenvalue weighted by Gasteiger charge is 2.57. The number of anilines is 1. The van der Waals surface area contributed by atoms with Crippen LogP contribution in [-0.4, -0.2) is 28.5 Å². The summed E-state index contributed by atoms with van der Waals surface area (Å²) in [5.74, 6) is -2.58. The number of aryl methyl sites for hydroxylation is 1. The van der Waals surface area contributed by atoms with E-state index >= 15 is 0 Å². The molecule has 0 bridgehead atoms. The summed E-state index contributed by atoms with van der Waals surface area (Å²) in [5, 5.41) is 10.6. The average molecular weight is 568 g/mol. The van der Waals surface area contributed by atoms with Crippen molar-refractivity contribution in [3.8, 4) is 11.5 Å². The molecule has 7 nitrogen and oxygen atoms in total. The fourth-order valence-electron chi connectivity index (χ4n) is 7.17. The van der Waals surface area contributed by atoms with Crippen molar-refractivity contribution in [2.45, 2.75) is 33.1 Å². The van der Waals surface area contributed by atoms with Gasteiger partial charge in [0, 0.05) is 39.6 Å². The van der Waals surface area contributed by atoms with Crippen LogP contribution in [0.3, 0.4) is 0 Å². The van der Waals surface area contributed by atoms with Gasteiger partial charge in [0.25, 0.3) is 0 Å². The van der Waals surface area contributed by atoms with Crippen molar-refractivity contribution in [2.24, 2.45) is 23.7 Å². The molecule has 2 aromatic rings. The number of amides is 2. The van der Waals surface area contributed by atoms with Crippen LogP contribution in [-0.2, 0) is 25.6 Å². The van der Waals surface area contributed by atoms with Gasteiger partial charge in [0.2, 0.25) is 11.8 Å². The maximum Gasteiger partial charge on any atom is 0.238 e. The van der Waals surface area contributed by atoms with Crippen molar-refractivity contribution in [3.63, 3.8) is 0 Å². The van der Waals surface area contributed by atoms with Gasteiger partial charge in [0.15, 0.2) is 11.6 Å². The van der Waals surface area contributed by atoms with Crippen molar-refractivity contribution < 1.29 is 29.0 Å². The molecule has 0 saturated carbocycles. The van der Waals surface area contributed by atoms with Crippen molar-refractivity contribution in [1.29, 1.82) is 0 Å². The van der Waals surface area contributed by atoms with E-state index in [1.165, 1.54) is 11.0 Å². The lowest BCUT2D eigenvalue weighted by Gasteiger charge is -2.43. The number of fused-ring (bicyclic) bond motifs is 4. The van der Waals surface area contributed by atoms with Gasteiger partial charge in [0.05, 0.1) is 23.8 Å².